The van der Waals surface area contributed by atoms with Gasteiger partial charge in [-0.15, -0.1) is 0 Å². The maximum absolute atomic E-state index is 12.3. The van der Waals surface area contributed by atoms with Gasteiger partial charge >= 0.3 is 12.0 Å². The largest absolute Gasteiger partial charge is 0.463 e. The Bertz CT molecular complexity index is 6540. The molecule has 0 amide bonds. The minimum Gasteiger partial charge on any atom is -0.463 e. The molecule has 0 aliphatic heterocycles. The highest BCUT2D eigenvalue weighted by Gasteiger charge is 2.79. The first-order chi connectivity index (χ1) is 67.4. The van der Waals surface area contributed by atoms with Gasteiger partial charge in [-0.3, -0.25) is 4.79 Å². The second kappa shape index (κ2) is 32.6. The summed E-state index contributed by atoms with van der Waals surface area (Å²) in [6, 6.07) is 54.7. The average molecular weight is 1850 g/mol. The molecule has 7 heteroatoms. The van der Waals surface area contributed by atoms with Crippen LogP contribution in [-0.4, -0.2) is 38.6 Å². The Hall–Kier alpha value is -8.81. The molecule has 2 aromatic heterocycles. The van der Waals surface area contributed by atoms with Gasteiger partial charge in [0.05, 0.1) is 40.2 Å². The van der Waals surface area contributed by atoms with E-state index < -0.39 is 6.10 Å². The monoisotopic (exact) mass is 1850 g/mol. The van der Waals surface area contributed by atoms with Gasteiger partial charge in [0.2, 0.25) is 0 Å². The van der Waals surface area contributed by atoms with Gasteiger partial charge in [0, 0.05) is 51.7 Å². The summed E-state index contributed by atoms with van der Waals surface area (Å²) in [5, 5.41) is 5.85. The van der Waals surface area contributed by atoms with Crippen LogP contribution in [-0.2, 0) is 36.6 Å². The highest BCUT2D eigenvalue weighted by Crippen LogP contribution is 2.86. The molecule has 2 heterocycles. The smallest absolute Gasteiger partial charge is 0.316 e. The molecule has 0 radical (unpaired) electrons. The molecule has 0 unspecified atom stereocenters. The fourth-order valence-corrected chi connectivity index (χ4v) is 39.6. The zero-order chi connectivity index (χ0) is 95.1. The summed E-state index contributed by atoms with van der Waals surface area (Å²) in [5.74, 6) is -0.174. The third kappa shape index (κ3) is 11.8. The van der Waals surface area contributed by atoms with E-state index in [-0.39, 0.29) is 87.2 Å². The maximum atomic E-state index is 12.3. The highest BCUT2D eigenvalue weighted by atomic mass is 16.5. The van der Waals surface area contributed by atoms with Crippen LogP contribution in [0.4, 0.5) is 0 Å². The van der Waals surface area contributed by atoms with Crippen LogP contribution in [0.2, 0.25) is 0 Å². The van der Waals surface area contributed by atoms with Crippen molar-refractivity contribution >= 4 is 27.5 Å². The number of carbonyl (C=O) groups excluding carboxylic acids is 1. The topological polar surface area (TPSA) is 87.1 Å². The van der Waals surface area contributed by atoms with Crippen LogP contribution >= 0.6 is 0 Å². The Kier molecular flexibility index (Phi) is 21.4. The first-order valence-electron chi connectivity index (χ1n) is 57.0. The number of hydrogen-bond donors (Lipinski definition) is 0. The lowest BCUT2D eigenvalue weighted by atomic mass is 9.38. The molecule has 7 nitrogen and oxygen atoms in total. The van der Waals surface area contributed by atoms with Crippen LogP contribution in [0.5, 0.6) is 6.01 Å². The molecular weight excluding hydrogens is 1690 g/mol. The van der Waals surface area contributed by atoms with Crippen molar-refractivity contribution in [2.45, 2.75) is 411 Å². The zero-order valence-corrected chi connectivity index (χ0v) is 86.8. The van der Waals surface area contributed by atoms with Gasteiger partial charge in [-0.1, -0.05) is 271 Å². The lowest BCUT2D eigenvalue weighted by Crippen LogP contribution is -2.60. The van der Waals surface area contributed by atoms with E-state index >= 15 is 0 Å². The van der Waals surface area contributed by atoms with E-state index in [9.17, 15) is 4.79 Å². The molecule has 139 heavy (non-hydrogen) atoms. The van der Waals surface area contributed by atoms with Crippen molar-refractivity contribution in [3.05, 3.63) is 220 Å². The number of unbranched alkanes of at least 4 members (excludes halogenated alkanes) is 11. The summed E-state index contributed by atoms with van der Waals surface area (Å²) in [7, 11) is 0. The SMILES string of the molecule is C=CC(C=C)OC(=O)CCCCCCCCCCOc1ncc(-c2ccc3c(c2)C2(c4nc5c(nc4-3)C3(c4cc(-c6ccc7c(c6)C6(c8cc9cc%10c(cc9cc8-7)C7(c8cc9cc%11c(cc9cc8-%10)C8(c9cc(C)ccc9-%11)C9(C)CCCC8(C)CCC9)C8(C)CCCC7(C)CCC8)C7(C)CCCC6(C)CCC7)ccc4-5)C4(CCCC)CCC3(CCCC)CC4)C3(CCCC)CCC2(CCCC)CC3)cn1. The molecule has 0 atom stereocenters. The second-order valence-electron chi connectivity index (χ2n) is 51.1. The van der Waals surface area contributed by atoms with Gasteiger partial charge < -0.3 is 9.47 Å². The summed E-state index contributed by atoms with van der Waals surface area (Å²) in [4.78, 5) is 35.9. The Balaban J connectivity index is 0.609. The van der Waals surface area contributed by atoms with Crippen molar-refractivity contribution in [2.75, 3.05) is 6.61 Å². The van der Waals surface area contributed by atoms with Gasteiger partial charge in [-0.05, 0) is 423 Å². The second-order valence-corrected chi connectivity index (χ2v) is 51.1. The van der Waals surface area contributed by atoms with Crippen LogP contribution in [0, 0.1) is 61.1 Å². The molecule has 15 aliphatic rings. The van der Waals surface area contributed by atoms with Gasteiger partial charge in [0.25, 0.3) is 0 Å². The first-order valence-corrected chi connectivity index (χ1v) is 57.0. The molecule has 10 saturated carbocycles. The Labute approximate surface area is 832 Å². The van der Waals surface area contributed by atoms with E-state index in [4.69, 9.17) is 29.4 Å². The minimum absolute atomic E-state index is 0.00848. The summed E-state index contributed by atoms with van der Waals surface area (Å²) >= 11 is 0. The van der Waals surface area contributed by atoms with Crippen LogP contribution < -0.4 is 4.74 Å². The summed E-state index contributed by atoms with van der Waals surface area (Å²) in [5.41, 5.74) is 36.8. The van der Waals surface area contributed by atoms with Crippen molar-refractivity contribution in [1.29, 1.82) is 0 Å². The minimum atomic E-state index is -0.411. The number of aromatic nitrogens is 4. The van der Waals surface area contributed by atoms with Crippen LogP contribution in [0.3, 0.4) is 0 Å². The number of rotatable bonds is 29. The van der Waals surface area contributed by atoms with E-state index in [1.54, 1.807) is 62.2 Å². The zero-order valence-electron chi connectivity index (χ0n) is 86.8. The van der Waals surface area contributed by atoms with E-state index in [2.05, 4.69) is 211 Å². The van der Waals surface area contributed by atoms with Crippen LogP contribution in [0.15, 0.2) is 159 Å². The fraction of sp³-hybridized carbons (Fsp3) is 0.568. The Morgan fingerprint density at radius 1 is 0.331 bits per heavy atom. The standard InChI is InChI=1S/C132H158N4O3/c1-14-20-59-124-63-65-125(66-64-124,60-21-15-2)131(124)106-78-88(41-45-98(106)113-115(131)136-114-99-46-42-89(79-107(99)132(116(114)135-113)126(61-22-16-3)67-69-127(132,70-68-126)62-23-17-4)94-84-133-117(134-85-94)138-71-31-29-27-25-24-26-28-30-38-112(137)139-95(18-5)19-6)87-40-44-97-101-74-91-83-111-103(76-93(91)81-109(101)129(105(97)77-87)120(10)51-34-53-121(129,11)54-35-52-120)102-75-92-80-108-100(73-90(92)82-110(102)130(111)122(12)55-36-57-123(130,13)58-37-56-122)96-43-39-86(7)72-104(96)128(108)118(8)47-32-49-119(128,9)50-33-48-118/h18-19,39-46,72-85,95H,5-6,14-17,20-38,47-71H2,1-4,7-13H3. The van der Waals surface area contributed by atoms with Crippen molar-refractivity contribution in [3.63, 3.8) is 0 Å². The predicted octanol–water partition coefficient (Wildman–Crippen LogP) is 35.7. The van der Waals surface area contributed by atoms with E-state index in [1.165, 1.54) is 362 Å². The molecule has 724 valence electrons. The number of carbonyl (C=O) groups is 1. The molecule has 10 bridgehead atoms. The fourth-order valence-electron chi connectivity index (χ4n) is 39.6. The van der Waals surface area contributed by atoms with Gasteiger partial charge in [-0.25, -0.2) is 19.9 Å². The third-order valence-corrected chi connectivity index (χ3v) is 44.9. The molecule has 0 saturated heterocycles. The van der Waals surface area contributed by atoms with Crippen molar-refractivity contribution in [3.8, 4) is 84.2 Å². The normalized spacial score (nSPS) is 33.3. The number of ether oxygens (including phenoxy) is 2. The lowest BCUT2D eigenvalue weighted by molar-refractivity contribution is -0.145. The van der Waals surface area contributed by atoms with Crippen LogP contribution in [0.25, 0.3) is 99.7 Å². The van der Waals surface area contributed by atoms with E-state index in [1.807, 2.05) is 12.4 Å². The molecular formula is C132H158N4O3. The third-order valence-electron chi connectivity index (χ3n) is 44.9. The van der Waals surface area contributed by atoms with Crippen molar-refractivity contribution in [1.82, 2.24) is 19.9 Å². The number of aryl methyl sites for hydroxylation is 1. The average Bonchev–Trinajstić information content (AvgIpc) is 1.46. The summed E-state index contributed by atoms with van der Waals surface area (Å²) < 4.78 is 11.7. The van der Waals surface area contributed by atoms with E-state index in [0.717, 1.165) is 44.1 Å². The summed E-state index contributed by atoms with van der Waals surface area (Å²) in [6.45, 7) is 36.9. The molecule has 25 rings (SSSR count). The molecule has 10 aromatic rings. The number of esters is 1. The van der Waals surface area contributed by atoms with Crippen LogP contribution in [0.1, 0.15) is 432 Å². The summed E-state index contributed by atoms with van der Waals surface area (Å²) in [6.07, 6.45) is 64.0. The molecule has 8 aromatic carbocycles. The molecule has 15 aliphatic carbocycles. The number of fused-ring (bicyclic) bond motifs is 17. The molecule has 10 fully saturated rings. The Morgan fingerprint density at radius 3 is 0.971 bits per heavy atom. The van der Waals surface area contributed by atoms with Gasteiger partial charge in [-0.2, -0.15) is 0 Å². The number of benzene rings is 8. The van der Waals surface area contributed by atoms with Gasteiger partial charge in [0.1, 0.15) is 6.10 Å². The predicted molar refractivity (Wildman–Crippen MR) is 573 cm³/mol. The van der Waals surface area contributed by atoms with E-state index in [0.29, 0.717) is 19.0 Å². The quantitative estimate of drug-likeness (QED) is 0.0262. The number of hydrogen-bond acceptors (Lipinski definition) is 7. The maximum Gasteiger partial charge on any atom is 0.316 e. The van der Waals surface area contributed by atoms with Crippen molar-refractivity contribution in [2.24, 2.45) is 54.1 Å². The van der Waals surface area contributed by atoms with Crippen molar-refractivity contribution < 1.29 is 14.3 Å². The van der Waals surface area contributed by atoms with Gasteiger partial charge in [0.15, 0.2) is 0 Å². The molecule has 0 N–H and O–H groups in total. The highest BCUT2D eigenvalue weighted by molar-refractivity contribution is 6.04. The number of nitrogens with zero attached hydrogens (tertiary/aromatic N) is 4. The first kappa shape index (κ1) is 91.4. The molecule has 5 spiro atoms. The Morgan fingerprint density at radius 2 is 0.626 bits per heavy atom. The lowest BCUT2D eigenvalue weighted by Gasteiger charge is -2.65.